The van der Waals surface area contributed by atoms with Crippen molar-refractivity contribution >= 4 is 5.91 Å². The van der Waals surface area contributed by atoms with Crippen molar-refractivity contribution in [1.82, 2.24) is 30.5 Å². The average molecular weight is 382 g/mol. The predicted molar refractivity (Wildman–Crippen MR) is 92.7 cm³/mol. The van der Waals surface area contributed by atoms with Crippen LogP contribution >= 0.6 is 0 Å². The van der Waals surface area contributed by atoms with Crippen LogP contribution in [-0.2, 0) is 0 Å². The molecule has 1 amide bonds. The van der Waals surface area contributed by atoms with Crippen LogP contribution in [-0.4, -0.2) is 70.7 Å². The van der Waals surface area contributed by atoms with Gasteiger partial charge in [-0.15, -0.1) is 5.10 Å². The largest absolute Gasteiger partial charge is 0.405 e. The lowest BCUT2D eigenvalue weighted by Crippen LogP contribution is -2.57. The van der Waals surface area contributed by atoms with Gasteiger partial charge in [-0.25, -0.2) is 4.68 Å². The van der Waals surface area contributed by atoms with E-state index in [4.69, 9.17) is 0 Å². The van der Waals surface area contributed by atoms with Crippen LogP contribution in [0.15, 0.2) is 30.5 Å². The van der Waals surface area contributed by atoms with Gasteiger partial charge in [0.1, 0.15) is 6.04 Å². The van der Waals surface area contributed by atoms with E-state index in [1.165, 1.54) is 15.8 Å². The topological polar surface area (TPSA) is 75.1 Å². The van der Waals surface area contributed by atoms with Crippen LogP contribution in [0.5, 0.6) is 0 Å². The number of nitrogens with zero attached hydrogens (tertiary/aromatic N) is 4. The second-order valence-electron chi connectivity index (χ2n) is 6.44. The highest BCUT2D eigenvalue weighted by atomic mass is 19.4. The van der Waals surface area contributed by atoms with E-state index in [0.29, 0.717) is 18.8 Å². The first-order valence-corrected chi connectivity index (χ1v) is 8.63. The van der Waals surface area contributed by atoms with Crippen LogP contribution in [0.2, 0.25) is 0 Å². The average Bonchev–Trinajstić information content (AvgIpc) is 3.12. The van der Waals surface area contributed by atoms with Gasteiger partial charge in [0.25, 0.3) is 5.91 Å². The maximum absolute atomic E-state index is 13.4. The van der Waals surface area contributed by atoms with Crippen molar-refractivity contribution in [1.29, 1.82) is 0 Å². The van der Waals surface area contributed by atoms with Gasteiger partial charge >= 0.3 is 6.18 Å². The summed E-state index contributed by atoms with van der Waals surface area (Å²) < 4.78 is 41.5. The first kappa shape index (κ1) is 19.3. The second kappa shape index (κ2) is 8.05. The van der Waals surface area contributed by atoms with Crippen molar-refractivity contribution in [2.45, 2.75) is 19.1 Å². The molecular formula is C17H21F3N6O. The SMILES string of the molecule is Cc1ccc(-n2cc(C(=O)NCC(N3CCNCC3)C(F)(F)F)nn2)cc1. The van der Waals surface area contributed by atoms with Gasteiger partial charge in [0.2, 0.25) is 0 Å². The fourth-order valence-electron chi connectivity index (χ4n) is 2.92. The van der Waals surface area contributed by atoms with Crippen molar-refractivity contribution in [3.8, 4) is 5.69 Å². The van der Waals surface area contributed by atoms with Crippen LogP contribution in [0.25, 0.3) is 5.69 Å². The first-order chi connectivity index (χ1) is 12.8. The number of amides is 1. The standard InChI is InChI=1S/C17H21F3N6O/c1-12-2-4-13(5-3-12)26-11-14(23-24-26)16(27)22-10-15(17(18,19)20)25-8-6-21-7-9-25/h2-5,11,15,21H,6-10H2,1H3,(H,22,27). The van der Waals surface area contributed by atoms with Crippen molar-refractivity contribution in [2.75, 3.05) is 32.7 Å². The van der Waals surface area contributed by atoms with E-state index in [1.807, 2.05) is 31.2 Å². The van der Waals surface area contributed by atoms with Crippen LogP contribution in [0.3, 0.4) is 0 Å². The summed E-state index contributed by atoms with van der Waals surface area (Å²) in [5, 5.41) is 13.0. The highest BCUT2D eigenvalue weighted by Crippen LogP contribution is 2.24. The Labute approximate surface area is 154 Å². The van der Waals surface area contributed by atoms with Gasteiger partial charge in [0.05, 0.1) is 11.9 Å². The molecule has 1 atom stereocenters. The highest BCUT2D eigenvalue weighted by molar-refractivity contribution is 5.91. The molecule has 10 heteroatoms. The Bertz CT molecular complexity index is 768. The summed E-state index contributed by atoms with van der Waals surface area (Å²) in [6.45, 7) is 2.96. The minimum absolute atomic E-state index is 0.0307. The molecule has 0 aliphatic carbocycles. The number of halogens is 3. The number of hydrogen-bond acceptors (Lipinski definition) is 5. The molecule has 1 fully saturated rings. The molecule has 0 saturated carbocycles. The Morgan fingerprint density at radius 1 is 1.26 bits per heavy atom. The summed E-state index contributed by atoms with van der Waals surface area (Å²) in [5.41, 5.74) is 1.75. The molecule has 1 saturated heterocycles. The molecule has 27 heavy (non-hydrogen) atoms. The normalized spacial score (nSPS) is 16.9. The summed E-state index contributed by atoms with van der Waals surface area (Å²) in [6.07, 6.45) is -3.03. The third kappa shape index (κ3) is 4.83. The monoisotopic (exact) mass is 382 g/mol. The Morgan fingerprint density at radius 3 is 2.56 bits per heavy atom. The minimum Gasteiger partial charge on any atom is -0.349 e. The maximum Gasteiger partial charge on any atom is 0.405 e. The van der Waals surface area contributed by atoms with Crippen molar-refractivity contribution in [3.63, 3.8) is 0 Å². The molecule has 3 rings (SSSR count). The number of aryl methyl sites for hydroxylation is 1. The lowest BCUT2D eigenvalue weighted by Gasteiger charge is -2.35. The van der Waals surface area contributed by atoms with Gasteiger partial charge in [0, 0.05) is 32.7 Å². The van der Waals surface area contributed by atoms with Gasteiger partial charge in [-0.05, 0) is 19.1 Å². The van der Waals surface area contributed by atoms with Gasteiger partial charge in [-0.3, -0.25) is 9.69 Å². The predicted octanol–water partition coefficient (Wildman–Crippen LogP) is 1.14. The number of carbonyl (C=O) groups excluding carboxylic acids is 1. The van der Waals surface area contributed by atoms with E-state index in [0.717, 1.165) is 5.56 Å². The summed E-state index contributed by atoms with van der Waals surface area (Å²) in [5.74, 6) is -0.683. The molecule has 1 aliphatic rings. The van der Waals surface area contributed by atoms with Crippen LogP contribution in [0.1, 0.15) is 16.1 Å². The number of piperazine rings is 1. The zero-order chi connectivity index (χ0) is 19.4. The molecule has 0 bridgehead atoms. The number of hydrogen-bond donors (Lipinski definition) is 2. The number of carbonyl (C=O) groups is 1. The van der Waals surface area contributed by atoms with Crippen molar-refractivity contribution < 1.29 is 18.0 Å². The van der Waals surface area contributed by atoms with E-state index >= 15 is 0 Å². The summed E-state index contributed by atoms with van der Waals surface area (Å²) in [4.78, 5) is 13.6. The lowest BCUT2D eigenvalue weighted by molar-refractivity contribution is -0.183. The molecule has 1 aliphatic heterocycles. The van der Waals surface area contributed by atoms with E-state index in [9.17, 15) is 18.0 Å². The smallest absolute Gasteiger partial charge is 0.349 e. The zero-order valence-electron chi connectivity index (χ0n) is 14.8. The Kier molecular flexibility index (Phi) is 5.76. The van der Waals surface area contributed by atoms with E-state index in [1.54, 1.807) is 0 Å². The minimum atomic E-state index is -4.43. The Morgan fingerprint density at radius 2 is 1.93 bits per heavy atom. The zero-order valence-corrected chi connectivity index (χ0v) is 14.8. The number of alkyl halides is 3. The van der Waals surface area contributed by atoms with Crippen LogP contribution in [0, 0.1) is 6.92 Å². The van der Waals surface area contributed by atoms with Gasteiger partial charge in [-0.2, -0.15) is 13.2 Å². The Hall–Kier alpha value is -2.46. The van der Waals surface area contributed by atoms with Gasteiger partial charge in [-0.1, -0.05) is 22.9 Å². The molecule has 2 aromatic rings. The molecule has 0 spiro atoms. The molecule has 0 radical (unpaired) electrons. The van der Waals surface area contributed by atoms with E-state index in [-0.39, 0.29) is 18.8 Å². The highest BCUT2D eigenvalue weighted by Gasteiger charge is 2.43. The number of aromatic nitrogens is 3. The van der Waals surface area contributed by atoms with E-state index in [2.05, 4.69) is 20.9 Å². The molecule has 7 nitrogen and oxygen atoms in total. The van der Waals surface area contributed by atoms with Crippen LogP contribution in [0.4, 0.5) is 13.2 Å². The van der Waals surface area contributed by atoms with Crippen LogP contribution < -0.4 is 10.6 Å². The third-order valence-corrected chi connectivity index (χ3v) is 4.45. The lowest BCUT2D eigenvalue weighted by atomic mass is 10.2. The number of rotatable bonds is 5. The molecule has 146 valence electrons. The third-order valence-electron chi connectivity index (χ3n) is 4.45. The molecule has 2 N–H and O–H groups in total. The number of nitrogens with one attached hydrogen (secondary N) is 2. The molecule has 1 aromatic heterocycles. The second-order valence-corrected chi connectivity index (χ2v) is 6.44. The maximum atomic E-state index is 13.4. The van der Waals surface area contributed by atoms with Gasteiger partial charge in [0.15, 0.2) is 5.69 Å². The van der Waals surface area contributed by atoms with Crippen molar-refractivity contribution in [2.24, 2.45) is 0 Å². The summed E-state index contributed by atoms with van der Waals surface area (Å²) >= 11 is 0. The number of benzene rings is 1. The first-order valence-electron chi connectivity index (χ1n) is 8.63. The fourth-order valence-corrected chi connectivity index (χ4v) is 2.92. The van der Waals surface area contributed by atoms with Crippen molar-refractivity contribution in [3.05, 3.63) is 41.7 Å². The van der Waals surface area contributed by atoms with E-state index < -0.39 is 24.7 Å². The quantitative estimate of drug-likeness (QED) is 0.811. The summed E-state index contributed by atoms with van der Waals surface area (Å²) in [7, 11) is 0. The molecule has 1 aromatic carbocycles. The molecule has 2 heterocycles. The summed E-state index contributed by atoms with van der Waals surface area (Å²) in [6, 6.07) is 5.68. The molecular weight excluding hydrogens is 361 g/mol. The van der Waals surface area contributed by atoms with Gasteiger partial charge < -0.3 is 10.6 Å². The molecule has 1 unspecified atom stereocenters. The fraction of sp³-hybridized carbons (Fsp3) is 0.471. The Balaban J connectivity index is 1.64.